The molecule has 0 spiro atoms. The van der Waals surface area contributed by atoms with E-state index in [4.69, 9.17) is 11.6 Å². The Hall–Kier alpha value is -2.68. The number of aryl methyl sites for hydroxylation is 1. The van der Waals surface area contributed by atoms with Crippen LogP contribution in [-0.4, -0.2) is 31.8 Å². The normalized spacial score (nSPS) is 10.8. The first-order chi connectivity index (χ1) is 14.1. The van der Waals surface area contributed by atoms with Crippen LogP contribution in [0.1, 0.15) is 5.56 Å². The number of nitrogens with zero attached hydrogens (tertiary/aromatic N) is 3. The monoisotopic (exact) mass is 441 g/mol. The third-order valence-corrected chi connectivity index (χ3v) is 5.87. The molecule has 2 heterocycles. The molecule has 2 N–H and O–H groups in total. The maximum atomic E-state index is 12.2. The van der Waals surface area contributed by atoms with E-state index in [-0.39, 0.29) is 11.7 Å². The van der Waals surface area contributed by atoms with Crippen molar-refractivity contribution in [2.75, 3.05) is 11.1 Å². The number of carbonyl (C=O) groups excluding carboxylic acids is 1. The summed E-state index contributed by atoms with van der Waals surface area (Å²) in [6.45, 7) is 2.03. The van der Waals surface area contributed by atoms with Crippen LogP contribution in [0.5, 0.6) is 0 Å². The highest BCUT2D eigenvalue weighted by Crippen LogP contribution is 2.26. The number of H-pyrrole nitrogens is 1. The van der Waals surface area contributed by atoms with Crippen molar-refractivity contribution in [1.29, 1.82) is 0 Å². The zero-order valence-corrected chi connectivity index (χ0v) is 17.7. The molecule has 2 aromatic carbocycles. The Morgan fingerprint density at radius 1 is 1.10 bits per heavy atom. The third kappa shape index (κ3) is 5.03. The highest BCUT2D eigenvalue weighted by atomic mass is 35.5. The van der Waals surface area contributed by atoms with E-state index < -0.39 is 0 Å². The fraction of sp³-hybridized carbons (Fsp3) is 0.100. The summed E-state index contributed by atoms with van der Waals surface area (Å²) >= 11 is 8.56. The van der Waals surface area contributed by atoms with Gasteiger partial charge < -0.3 is 5.32 Å². The standard InChI is InChI=1S/C20H16ClN5OS2/c1-12-2-4-14(5-3-12)18-24-20(26-25-18)29-11-17(27)23-19-22-16(10-28-19)13-6-8-15(21)9-7-13/h2-10H,11H2,1H3,(H,22,23,27)(H,24,25,26). The van der Waals surface area contributed by atoms with Gasteiger partial charge in [0.25, 0.3) is 0 Å². The Labute approximate surface area is 180 Å². The van der Waals surface area contributed by atoms with E-state index in [0.717, 1.165) is 16.8 Å². The Kier molecular flexibility index (Phi) is 5.94. The molecule has 0 atom stereocenters. The molecule has 9 heteroatoms. The first kappa shape index (κ1) is 19.6. The number of amides is 1. The van der Waals surface area contributed by atoms with Crippen LogP contribution in [0.15, 0.2) is 59.1 Å². The molecule has 6 nitrogen and oxygen atoms in total. The summed E-state index contributed by atoms with van der Waals surface area (Å²) in [6, 6.07) is 15.4. The number of aromatic nitrogens is 4. The quantitative estimate of drug-likeness (QED) is 0.397. The second-order valence-electron chi connectivity index (χ2n) is 6.21. The van der Waals surface area contributed by atoms with Crippen LogP contribution in [0.2, 0.25) is 5.02 Å². The molecule has 0 aliphatic carbocycles. The third-order valence-electron chi connectivity index (χ3n) is 4.01. The van der Waals surface area contributed by atoms with Crippen LogP contribution >= 0.6 is 34.7 Å². The molecule has 2 aromatic heterocycles. The van der Waals surface area contributed by atoms with Gasteiger partial charge in [0.05, 0.1) is 11.4 Å². The Morgan fingerprint density at radius 2 is 1.83 bits per heavy atom. The number of anilines is 1. The number of thiazole rings is 1. The number of hydrogen-bond acceptors (Lipinski definition) is 6. The SMILES string of the molecule is Cc1ccc(-c2nc(SCC(=O)Nc3nc(-c4ccc(Cl)cc4)cs3)n[nH]2)cc1. The molecule has 4 aromatic rings. The van der Waals surface area contributed by atoms with Crippen LogP contribution in [-0.2, 0) is 4.79 Å². The molecule has 0 fully saturated rings. The van der Waals surface area contributed by atoms with Gasteiger partial charge in [0.1, 0.15) is 0 Å². The first-order valence-electron chi connectivity index (χ1n) is 8.70. The maximum Gasteiger partial charge on any atom is 0.236 e. The molecule has 0 radical (unpaired) electrons. The number of rotatable bonds is 6. The zero-order chi connectivity index (χ0) is 20.2. The molecular formula is C20H16ClN5OS2. The molecule has 146 valence electrons. The summed E-state index contributed by atoms with van der Waals surface area (Å²) in [5, 5.41) is 13.5. The Morgan fingerprint density at radius 3 is 2.59 bits per heavy atom. The summed E-state index contributed by atoms with van der Waals surface area (Å²) in [6.07, 6.45) is 0. The van der Waals surface area contributed by atoms with E-state index in [1.54, 1.807) is 0 Å². The largest absolute Gasteiger partial charge is 0.301 e. The second-order valence-corrected chi connectivity index (χ2v) is 8.45. The van der Waals surface area contributed by atoms with E-state index >= 15 is 0 Å². The second kappa shape index (κ2) is 8.77. The van der Waals surface area contributed by atoms with Crippen molar-refractivity contribution in [3.8, 4) is 22.6 Å². The number of hydrogen-bond donors (Lipinski definition) is 2. The van der Waals surface area contributed by atoms with Gasteiger partial charge in [-0.05, 0) is 19.1 Å². The number of carbonyl (C=O) groups is 1. The average molecular weight is 442 g/mol. The van der Waals surface area contributed by atoms with Crippen molar-refractivity contribution in [3.63, 3.8) is 0 Å². The van der Waals surface area contributed by atoms with Gasteiger partial charge in [-0.2, -0.15) is 0 Å². The van der Waals surface area contributed by atoms with E-state index in [2.05, 4.69) is 25.5 Å². The van der Waals surface area contributed by atoms with Crippen LogP contribution in [0.3, 0.4) is 0 Å². The molecule has 0 saturated heterocycles. The van der Waals surface area contributed by atoms with Crippen LogP contribution < -0.4 is 5.32 Å². The van der Waals surface area contributed by atoms with Crippen molar-refractivity contribution in [2.24, 2.45) is 0 Å². The lowest BCUT2D eigenvalue weighted by molar-refractivity contribution is -0.113. The summed E-state index contributed by atoms with van der Waals surface area (Å²) in [5.41, 5.74) is 3.88. The van der Waals surface area contributed by atoms with Crippen LogP contribution in [0, 0.1) is 6.92 Å². The molecule has 4 rings (SSSR count). The van der Waals surface area contributed by atoms with E-state index in [1.165, 1.54) is 28.7 Å². The topological polar surface area (TPSA) is 83.6 Å². The van der Waals surface area contributed by atoms with Crippen molar-refractivity contribution >= 4 is 45.7 Å². The van der Waals surface area contributed by atoms with Gasteiger partial charge in [0.2, 0.25) is 11.1 Å². The van der Waals surface area contributed by atoms with Gasteiger partial charge in [-0.15, -0.1) is 16.4 Å². The lowest BCUT2D eigenvalue weighted by atomic mass is 10.1. The van der Waals surface area contributed by atoms with Crippen LogP contribution in [0.4, 0.5) is 5.13 Å². The minimum absolute atomic E-state index is 0.159. The minimum Gasteiger partial charge on any atom is -0.301 e. The van der Waals surface area contributed by atoms with E-state index in [9.17, 15) is 4.79 Å². The molecule has 29 heavy (non-hydrogen) atoms. The summed E-state index contributed by atoms with van der Waals surface area (Å²) in [7, 11) is 0. The molecule has 0 bridgehead atoms. The van der Waals surface area contributed by atoms with Gasteiger partial charge in [-0.25, -0.2) is 9.97 Å². The van der Waals surface area contributed by atoms with Gasteiger partial charge in [0.15, 0.2) is 11.0 Å². The highest BCUT2D eigenvalue weighted by Gasteiger charge is 2.11. The lowest BCUT2D eigenvalue weighted by Crippen LogP contribution is -2.13. The highest BCUT2D eigenvalue weighted by molar-refractivity contribution is 7.99. The molecule has 1 amide bonds. The zero-order valence-electron chi connectivity index (χ0n) is 15.3. The van der Waals surface area contributed by atoms with E-state index in [1.807, 2.05) is 60.8 Å². The predicted molar refractivity (Wildman–Crippen MR) is 118 cm³/mol. The molecule has 0 saturated carbocycles. The minimum atomic E-state index is -0.159. The van der Waals surface area contributed by atoms with E-state index in [0.29, 0.717) is 21.1 Å². The molecule has 0 unspecified atom stereocenters. The summed E-state index contributed by atoms with van der Waals surface area (Å²) in [5.74, 6) is 0.718. The Bertz CT molecular complexity index is 1120. The maximum absolute atomic E-state index is 12.2. The fourth-order valence-electron chi connectivity index (χ4n) is 2.52. The summed E-state index contributed by atoms with van der Waals surface area (Å²) < 4.78 is 0. The van der Waals surface area contributed by atoms with Crippen molar-refractivity contribution in [3.05, 3.63) is 64.5 Å². The van der Waals surface area contributed by atoms with Gasteiger partial charge in [-0.1, -0.05) is 65.3 Å². The molecular weight excluding hydrogens is 426 g/mol. The number of thioether (sulfide) groups is 1. The van der Waals surface area contributed by atoms with Crippen molar-refractivity contribution in [1.82, 2.24) is 20.2 Å². The summed E-state index contributed by atoms with van der Waals surface area (Å²) in [4.78, 5) is 21.1. The first-order valence-corrected chi connectivity index (χ1v) is 10.9. The Balaban J connectivity index is 1.33. The van der Waals surface area contributed by atoms with Gasteiger partial charge in [0, 0.05) is 21.5 Å². The number of halogens is 1. The van der Waals surface area contributed by atoms with Crippen LogP contribution in [0.25, 0.3) is 22.6 Å². The van der Waals surface area contributed by atoms with Crippen molar-refractivity contribution in [2.45, 2.75) is 12.1 Å². The number of nitrogens with one attached hydrogen (secondary N) is 2. The number of benzene rings is 2. The van der Waals surface area contributed by atoms with Crippen molar-refractivity contribution < 1.29 is 4.79 Å². The van der Waals surface area contributed by atoms with Gasteiger partial charge >= 0.3 is 0 Å². The smallest absolute Gasteiger partial charge is 0.236 e. The predicted octanol–water partition coefficient (Wildman–Crippen LogP) is 5.29. The molecule has 0 aliphatic heterocycles. The lowest BCUT2D eigenvalue weighted by Gasteiger charge is -2.00. The van der Waals surface area contributed by atoms with Gasteiger partial charge in [-0.3, -0.25) is 9.89 Å². The fourth-order valence-corrected chi connectivity index (χ4v) is 3.98. The molecule has 0 aliphatic rings. The number of aromatic amines is 1. The average Bonchev–Trinajstić information content (AvgIpc) is 3.37.